The Morgan fingerprint density at radius 2 is 1.83 bits per heavy atom. The molecule has 3 atom stereocenters. The lowest BCUT2D eigenvalue weighted by molar-refractivity contribution is -0.121. The largest absolute Gasteiger partial charge is 0.352 e. The third-order valence-corrected chi connectivity index (χ3v) is 4.83. The first-order chi connectivity index (χ1) is 11.5. The normalized spacial score (nSPS) is 23.4. The van der Waals surface area contributed by atoms with Crippen molar-refractivity contribution in [3.8, 4) is 0 Å². The molecule has 0 saturated heterocycles. The third-order valence-electron chi connectivity index (χ3n) is 4.83. The van der Waals surface area contributed by atoms with Gasteiger partial charge < -0.3 is 16.0 Å². The lowest BCUT2D eigenvalue weighted by Gasteiger charge is -2.34. The molecule has 6 heteroatoms. The van der Waals surface area contributed by atoms with E-state index in [1.54, 1.807) is 12.1 Å². The second kappa shape index (κ2) is 8.66. The van der Waals surface area contributed by atoms with Gasteiger partial charge in [0.15, 0.2) is 0 Å². The van der Waals surface area contributed by atoms with E-state index in [4.69, 9.17) is 0 Å². The molecule has 5 nitrogen and oxygen atoms in total. The van der Waals surface area contributed by atoms with E-state index in [2.05, 4.69) is 29.8 Å². The number of urea groups is 1. The summed E-state index contributed by atoms with van der Waals surface area (Å²) in [5.41, 5.74) is 0.793. The molecule has 132 valence electrons. The fraction of sp³-hybridized carbons (Fsp3) is 0.556. The lowest BCUT2D eigenvalue weighted by Crippen LogP contribution is -2.48. The highest BCUT2D eigenvalue weighted by Gasteiger charge is 2.27. The van der Waals surface area contributed by atoms with Crippen molar-refractivity contribution in [3.05, 3.63) is 35.6 Å². The highest BCUT2D eigenvalue weighted by atomic mass is 19.1. The quantitative estimate of drug-likeness (QED) is 0.774. The van der Waals surface area contributed by atoms with Gasteiger partial charge in [0, 0.05) is 12.6 Å². The van der Waals surface area contributed by atoms with Gasteiger partial charge in [0.25, 0.3) is 0 Å². The van der Waals surface area contributed by atoms with Crippen LogP contribution in [0, 0.1) is 17.7 Å². The summed E-state index contributed by atoms with van der Waals surface area (Å²) in [5.74, 6) is 0.579. The minimum atomic E-state index is -0.417. The van der Waals surface area contributed by atoms with Gasteiger partial charge in [0.2, 0.25) is 5.91 Å². The first-order valence-corrected chi connectivity index (χ1v) is 8.51. The molecule has 0 unspecified atom stereocenters. The summed E-state index contributed by atoms with van der Waals surface area (Å²) in [5, 5.41) is 8.20. The first kappa shape index (κ1) is 18.2. The maximum absolute atomic E-state index is 12.8. The number of hydrogen-bond donors (Lipinski definition) is 3. The first-order valence-electron chi connectivity index (χ1n) is 8.51. The van der Waals surface area contributed by atoms with Gasteiger partial charge in [-0.1, -0.05) is 38.8 Å². The smallest absolute Gasteiger partial charge is 0.315 e. The number of hydrogen-bond acceptors (Lipinski definition) is 2. The monoisotopic (exact) mass is 335 g/mol. The Balaban J connectivity index is 1.67. The van der Waals surface area contributed by atoms with Crippen molar-refractivity contribution in [1.82, 2.24) is 16.0 Å². The van der Waals surface area contributed by atoms with E-state index in [1.165, 1.54) is 18.6 Å². The van der Waals surface area contributed by atoms with Gasteiger partial charge in [-0.05, 0) is 36.0 Å². The van der Waals surface area contributed by atoms with Crippen LogP contribution in [0.5, 0.6) is 0 Å². The molecule has 2 rings (SSSR count). The molecule has 24 heavy (non-hydrogen) atoms. The van der Waals surface area contributed by atoms with E-state index >= 15 is 0 Å². The number of carbonyl (C=O) groups excluding carboxylic acids is 2. The van der Waals surface area contributed by atoms with Crippen LogP contribution in [0.25, 0.3) is 0 Å². The van der Waals surface area contributed by atoms with Gasteiger partial charge in [0.1, 0.15) is 5.82 Å². The van der Waals surface area contributed by atoms with Crippen molar-refractivity contribution < 1.29 is 14.0 Å². The van der Waals surface area contributed by atoms with Crippen molar-refractivity contribution in [3.63, 3.8) is 0 Å². The Hall–Kier alpha value is -2.11. The van der Waals surface area contributed by atoms with Crippen LogP contribution in [0.15, 0.2) is 24.3 Å². The molecule has 0 bridgehead atoms. The molecule has 3 N–H and O–H groups in total. The number of rotatable bonds is 5. The maximum atomic E-state index is 12.8. The molecule has 0 heterocycles. The highest BCUT2D eigenvalue weighted by Crippen LogP contribution is 2.29. The van der Waals surface area contributed by atoms with Crippen molar-refractivity contribution in [2.45, 2.75) is 45.7 Å². The van der Waals surface area contributed by atoms with Gasteiger partial charge >= 0.3 is 6.03 Å². The molecule has 1 saturated carbocycles. The topological polar surface area (TPSA) is 70.2 Å². The summed E-state index contributed by atoms with van der Waals surface area (Å²) in [6.45, 7) is 4.61. The van der Waals surface area contributed by atoms with Crippen molar-refractivity contribution in [2.75, 3.05) is 6.54 Å². The second-order valence-corrected chi connectivity index (χ2v) is 6.60. The molecule has 0 radical (unpaired) electrons. The zero-order chi connectivity index (χ0) is 17.5. The molecular weight excluding hydrogens is 309 g/mol. The molecule has 3 amide bonds. The van der Waals surface area contributed by atoms with Crippen molar-refractivity contribution in [1.29, 1.82) is 0 Å². The Morgan fingerprint density at radius 3 is 2.54 bits per heavy atom. The van der Waals surface area contributed by atoms with E-state index in [-0.39, 0.29) is 30.9 Å². The Bertz CT molecular complexity index is 562. The highest BCUT2D eigenvalue weighted by molar-refractivity contribution is 5.84. The SMILES string of the molecule is C[C@@H]1[C@H](C)CCC[C@@H]1NC(=O)CNC(=O)NCc1ccc(F)cc1. The maximum Gasteiger partial charge on any atom is 0.315 e. The molecule has 1 aromatic rings. The summed E-state index contributed by atoms with van der Waals surface area (Å²) in [7, 11) is 0. The molecule has 1 aliphatic carbocycles. The van der Waals surface area contributed by atoms with Gasteiger partial charge in [-0.2, -0.15) is 0 Å². The Kier molecular flexibility index (Phi) is 6.58. The average molecular weight is 335 g/mol. The molecule has 1 aromatic carbocycles. The summed E-state index contributed by atoms with van der Waals surface area (Å²) in [4.78, 5) is 23.7. The van der Waals surface area contributed by atoms with Crippen LogP contribution in [-0.2, 0) is 11.3 Å². The van der Waals surface area contributed by atoms with Gasteiger partial charge in [0.05, 0.1) is 6.54 Å². The Labute approximate surface area is 142 Å². The van der Waals surface area contributed by atoms with Crippen molar-refractivity contribution >= 4 is 11.9 Å². The van der Waals surface area contributed by atoms with Crippen molar-refractivity contribution in [2.24, 2.45) is 11.8 Å². The zero-order valence-electron chi connectivity index (χ0n) is 14.3. The van der Waals surface area contributed by atoms with Crippen LogP contribution in [0.3, 0.4) is 0 Å². The number of halogens is 1. The van der Waals surface area contributed by atoms with E-state index < -0.39 is 6.03 Å². The van der Waals surface area contributed by atoms with E-state index in [9.17, 15) is 14.0 Å². The van der Waals surface area contributed by atoms with E-state index in [0.29, 0.717) is 11.8 Å². The predicted molar refractivity (Wildman–Crippen MR) is 90.7 cm³/mol. The second-order valence-electron chi connectivity index (χ2n) is 6.60. The van der Waals surface area contributed by atoms with Gasteiger partial charge in [-0.15, -0.1) is 0 Å². The summed E-state index contributed by atoms with van der Waals surface area (Å²) >= 11 is 0. The molecule has 0 aliphatic heterocycles. The lowest BCUT2D eigenvalue weighted by atomic mass is 9.78. The predicted octanol–water partition coefficient (Wildman–Crippen LogP) is 2.57. The molecule has 0 spiro atoms. The number of nitrogens with one attached hydrogen (secondary N) is 3. The minimum Gasteiger partial charge on any atom is -0.352 e. The summed E-state index contributed by atoms with van der Waals surface area (Å²) in [6, 6.07) is 5.66. The molecule has 1 aliphatic rings. The molecule has 1 fully saturated rings. The average Bonchev–Trinajstić information content (AvgIpc) is 2.56. The van der Waals surface area contributed by atoms with Gasteiger partial charge in [-0.25, -0.2) is 9.18 Å². The minimum absolute atomic E-state index is 0.0488. The van der Waals surface area contributed by atoms with Crippen LogP contribution in [0.2, 0.25) is 0 Å². The standard InChI is InChI=1S/C18H26FN3O2/c1-12-4-3-5-16(13(12)2)22-17(23)11-21-18(24)20-10-14-6-8-15(19)9-7-14/h6-9,12-13,16H,3-5,10-11H2,1-2H3,(H,22,23)(H2,20,21,24)/t12-,13-,16+/m1/s1. The van der Waals surface area contributed by atoms with Crippen LogP contribution >= 0.6 is 0 Å². The fourth-order valence-electron chi connectivity index (χ4n) is 3.05. The van der Waals surface area contributed by atoms with Gasteiger partial charge in [-0.3, -0.25) is 4.79 Å². The number of carbonyl (C=O) groups is 2. The molecular formula is C18H26FN3O2. The third kappa shape index (κ3) is 5.51. The van der Waals surface area contributed by atoms with E-state index in [0.717, 1.165) is 18.4 Å². The number of benzene rings is 1. The van der Waals surface area contributed by atoms with E-state index in [1.807, 2.05) is 0 Å². The Morgan fingerprint density at radius 1 is 1.12 bits per heavy atom. The molecule has 0 aromatic heterocycles. The number of amides is 3. The summed E-state index contributed by atoms with van der Waals surface area (Å²) in [6.07, 6.45) is 3.33. The van der Waals surface area contributed by atoms with Crippen LogP contribution in [0.4, 0.5) is 9.18 Å². The summed E-state index contributed by atoms with van der Waals surface area (Å²) < 4.78 is 12.8. The van der Waals surface area contributed by atoms with Crippen LogP contribution in [0.1, 0.15) is 38.7 Å². The van der Waals surface area contributed by atoms with Crippen LogP contribution in [-0.4, -0.2) is 24.5 Å². The zero-order valence-corrected chi connectivity index (χ0v) is 14.3. The van der Waals surface area contributed by atoms with Crippen LogP contribution < -0.4 is 16.0 Å². The fourth-order valence-corrected chi connectivity index (χ4v) is 3.05.